The fourth-order valence-corrected chi connectivity index (χ4v) is 1.63. The molecule has 4 heteroatoms. The summed E-state index contributed by atoms with van der Waals surface area (Å²) in [7, 11) is 0. The number of benzene rings is 1. The molecule has 3 rings (SSSR count). The van der Waals surface area contributed by atoms with Crippen LogP contribution >= 0.6 is 0 Å². The first-order valence-electron chi connectivity index (χ1n) is 4.88. The second-order valence-electron chi connectivity index (χ2n) is 3.48. The Morgan fingerprint density at radius 2 is 1.88 bits per heavy atom. The lowest BCUT2D eigenvalue weighted by Gasteiger charge is -1.92. The number of nitrogens with one attached hydrogen (secondary N) is 1. The van der Waals surface area contributed by atoms with E-state index < -0.39 is 0 Å². The molecule has 0 bridgehead atoms. The smallest absolute Gasteiger partial charge is 0.138 e. The largest absolute Gasteiger partial charge is 0.338 e. The van der Waals surface area contributed by atoms with E-state index in [4.69, 9.17) is 0 Å². The summed E-state index contributed by atoms with van der Waals surface area (Å²) in [4.78, 5) is 11.4. The maximum atomic E-state index is 13.0. The molecule has 1 aromatic carbocycles. The van der Waals surface area contributed by atoms with Crippen molar-refractivity contribution in [3.8, 4) is 11.4 Å². The standard InChI is InChI=1S/C12H8FN3/c13-9-1-2-10-11(7-9)16-12(15-10)8-3-5-14-6-4-8/h1-7H,(H,15,16). The predicted octanol–water partition coefficient (Wildman–Crippen LogP) is 2.76. The van der Waals surface area contributed by atoms with Crippen molar-refractivity contribution in [2.45, 2.75) is 0 Å². The van der Waals surface area contributed by atoms with E-state index in [1.165, 1.54) is 12.1 Å². The van der Waals surface area contributed by atoms with Gasteiger partial charge in [0.25, 0.3) is 0 Å². The molecule has 3 nitrogen and oxygen atoms in total. The van der Waals surface area contributed by atoms with E-state index in [0.29, 0.717) is 5.52 Å². The molecule has 0 fully saturated rings. The van der Waals surface area contributed by atoms with Gasteiger partial charge in [-0.1, -0.05) is 0 Å². The van der Waals surface area contributed by atoms with Crippen LogP contribution in [-0.4, -0.2) is 15.0 Å². The van der Waals surface area contributed by atoms with Crippen LogP contribution < -0.4 is 0 Å². The third kappa shape index (κ3) is 1.44. The summed E-state index contributed by atoms with van der Waals surface area (Å²) >= 11 is 0. The van der Waals surface area contributed by atoms with Crippen molar-refractivity contribution in [3.05, 3.63) is 48.5 Å². The number of aromatic nitrogens is 3. The number of rotatable bonds is 1. The molecule has 0 atom stereocenters. The fraction of sp³-hybridized carbons (Fsp3) is 0. The zero-order valence-corrected chi connectivity index (χ0v) is 8.31. The molecule has 0 aliphatic heterocycles. The predicted molar refractivity (Wildman–Crippen MR) is 59.3 cm³/mol. The Bertz CT molecular complexity index is 631. The highest BCUT2D eigenvalue weighted by Crippen LogP contribution is 2.20. The van der Waals surface area contributed by atoms with E-state index in [1.807, 2.05) is 12.1 Å². The molecular weight excluding hydrogens is 205 g/mol. The van der Waals surface area contributed by atoms with Gasteiger partial charge < -0.3 is 4.98 Å². The van der Waals surface area contributed by atoms with Crippen LogP contribution in [0.25, 0.3) is 22.4 Å². The van der Waals surface area contributed by atoms with Crippen molar-refractivity contribution in [2.24, 2.45) is 0 Å². The Morgan fingerprint density at radius 3 is 2.69 bits per heavy atom. The van der Waals surface area contributed by atoms with Crippen LogP contribution in [0.4, 0.5) is 4.39 Å². The average molecular weight is 213 g/mol. The number of aromatic amines is 1. The van der Waals surface area contributed by atoms with Crippen LogP contribution in [0, 0.1) is 5.82 Å². The number of fused-ring (bicyclic) bond motifs is 1. The highest BCUT2D eigenvalue weighted by atomic mass is 19.1. The van der Waals surface area contributed by atoms with Gasteiger partial charge in [0.05, 0.1) is 11.0 Å². The molecule has 0 amide bonds. The number of pyridine rings is 1. The molecule has 0 saturated carbocycles. The number of H-pyrrole nitrogens is 1. The minimum Gasteiger partial charge on any atom is -0.338 e. The van der Waals surface area contributed by atoms with Crippen LogP contribution in [0.15, 0.2) is 42.7 Å². The van der Waals surface area contributed by atoms with Crippen molar-refractivity contribution in [1.29, 1.82) is 0 Å². The summed E-state index contributed by atoms with van der Waals surface area (Å²) in [5.41, 5.74) is 2.40. The molecule has 0 aliphatic carbocycles. The lowest BCUT2D eigenvalue weighted by Crippen LogP contribution is -1.79. The average Bonchev–Trinajstić information content (AvgIpc) is 2.73. The van der Waals surface area contributed by atoms with E-state index in [2.05, 4.69) is 15.0 Å². The van der Waals surface area contributed by atoms with Crippen molar-refractivity contribution in [2.75, 3.05) is 0 Å². The molecule has 78 valence electrons. The molecule has 1 N–H and O–H groups in total. The molecule has 0 saturated heterocycles. The molecule has 0 spiro atoms. The second kappa shape index (κ2) is 3.41. The van der Waals surface area contributed by atoms with Gasteiger partial charge in [-0.2, -0.15) is 0 Å². The number of hydrogen-bond acceptors (Lipinski definition) is 2. The van der Waals surface area contributed by atoms with Gasteiger partial charge in [-0.3, -0.25) is 4.98 Å². The zero-order valence-electron chi connectivity index (χ0n) is 8.31. The Balaban J connectivity index is 2.19. The van der Waals surface area contributed by atoms with E-state index in [1.54, 1.807) is 18.5 Å². The van der Waals surface area contributed by atoms with Crippen molar-refractivity contribution >= 4 is 11.0 Å². The summed E-state index contributed by atoms with van der Waals surface area (Å²) in [5, 5.41) is 0. The van der Waals surface area contributed by atoms with Crippen LogP contribution in [0.3, 0.4) is 0 Å². The first-order valence-corrected chi connectivity index (χ1v) is 4.88. The molecular formula is C12H8FN3. The van der Waals surface area contributed by atoms with Crippen LogP contribution in [-0.2, 0) is 0 Å². The maximum Gasteiger partial charge on any atom is 0.138 e. The number of nitrogens with zero attached hydrogens (tertiary/aromatic N) is 2. The van der Waals surface area contributed by atoms with E-state index in [0.717, 1.165) is 16.9 Å². The molecule has 2 aromatic heterocycles. The topological polar surface area (TPSA) is 41.6 Å². The van der Waals surface area contributed by atoms with Crippen LogP contribution in [0.5, 0.6) is 0 Å². The van der Waals surface area contributed by atoms with Gasteiger partial charge in [0.2, 0.25) is 0 Å². The lowest BCUT2D eigenvalue weighted by molar-refractivity contribution is 0.629. The quantitative estimate of drug-likeness (QED) is 0.675. The molecule has 0 radical (unpaired) electrons. The molecule has 2 heterocycles. The first-order chi connectivity index (χ1) is 7.83. The second-order valence-corrected chi connectivity index (χ2v) is 3.48. The van der Waals surface area contributed by atoms with Gasteiger partial charge in [0, 0.05) is 18.0 Å². The minimum atomic E-state index is -0.266. The number of imidazole rings is 1. The lowest BCUT2D eigenvalue weighted by atomic mass is 10.3. The van der Waals surface area contributed by atoms with E-state index >= 15 is 0 Å². The summed E-state index contributed by atoms with van der Waals surface area (Å²) in [6.45, 7) is 0. The van der Waals surface area contributed by atoms with Crippen LogP contribution in [0.2, 0.25) is 0 Å². The third-order valence-corrected chi connectivity index (χ3v) is 2.40. The molecule has 16 heavy (non-hydrogen) atoms. The van der Waals surface area contributed by atoms with Crippen LogP contribution in [0.1, 0.15) is 0 Å². The summed E-state index contributed by atoms with van der Waals surface area (Å²) in [6.07, 6.45) is 3.40. The third-order valence-electron chi connectivity index (χ3n) is 2.40. The summed E-state index contributed by atoms with van der Waals surface area (Å²) in [5.74, 6) is 0.459. The van der Waals surface area contributed by atoms with Crippen molar-refractivity contribution < 1.29 is 4.39 Å². The highest BCUT2D eigenvalue weighted by molar-refractivity contribution is 5.79. The Labute approximate surface area is 91.0 Å². The number of halogens is 1. The number of hydrogen-bond donors (Lipinski definition) is 1. The van der Waals surface area contributed by atoms with Gasteiger partial charge in [-0.15, -0.1) is 0 Å². The minimum absolute atomic E-state index is 0.266. The van der Waals surface area contributed by atoms with Gasteiger partial charge >= 0.3 is 0 Å². The van der Waals surface area contributed by atoms with Gasteiger partial charge in [0.15, 0.2) is 0 Å². The van der Waals surface area contributed by atoms with Crippen molar-refractivity contribution in [3.63, 3.8) is 0 Å². The van der Waals surface area contributed by atoms with E-state index in [-0.39, 0.29) is 5.82 Å². The molecule has 3 aromatic rings. The molecule has 0 aliphatic rings. The van der Waals surface area contributed by atoms with Gasteiger partial charge in [-0.05, 0) is 30.3 Å². The van der Waals surface area contributed by atoms with Crippen molar-refractivity contribution in [1.82, 2.24) is 15.0 Å². The molecule has 0 unspecified atom stereocenters. The Morgan fingerprint density at radius 1 is 1.06 bits per heavy atom. The Kier molecular flexibility index (Phi) is 1.93. The summed E-state index contributed by atoms with van der Waals surface area (Å²) in [6, 6.07) is 8.21. The fourth-order valence-electron chi connectivity index (χ4n) is 1.63. The first kappa shape index (κ1) is 9.03. The zero-order chi connectivity index (χ0) is 11.0. The normalized spacial score (nSPS) is 10.8. The van der Waals surface area contributed by atoms with Gasteiger partial charge in [-0.25, -0.2) is 9.37 Å². The highest BCUT2D eigenvalue weighted by Gasteiger charge is 2.05. The SMILES string of the molecule is Fc1ccc2nc(-c3ccncc3)[nH]c2c1. The van der Waals surface area contributed by atoms with E-state index in [9.17, 15) is 4.39 Å². The van der Waals surface area contributed by atoms with Gasteiger partial charge in [0.1, 0.15) is 11.6 Å². The summed E-state index contributed by atoms with van der Waals surface area (Å²) < 4.78 is 13.0. The maximum absolute atomic E-state index is 13.0. The monoisotopic (exact) mass is 213 g/mol. The Hall–Kier alpha value is -2.23.